The highest BCUT2D eigenvalue weighted by atomic mass is 79.9. The topological polar surface area (TPSA) is 25.8 Å². The van der Waals surface area contributed by atoms with Crippen molar-refractivity contribution in [2.24, 2.45) is 0 Å². The second kappa shape index (κ2) is 4.06. The summed E-state index contributed by atoms with van der Waals surface area (Å²) in [5.41, 5.74) is 2.54. The van der Waals surface area contributed by atoms with Gasteiger partial charge < -0.3 is 0 Å². The summed E-state index contributed by atoms with van der Waals surface area (Å²) >= 11 is 3.23. The Morgan fingerprint density at radius 1 is 1.13 bits per heavy atom. The average molecular weight is 267 g/mol. The molecule has 1 aromatic carbocycles. The Kier molecular flexibility index (Phi) is 2.77. The van der Waals surface area contributed by atoms with Gasteiger partial charge in [-0.3, -0.25) is 0 Å². The maximum Gasteiger partial charge on any atom is 0.197 e. The summed E-state index contributed by atoms with van der Waals surface area (Å²) in [6, 6.07) is 8.09. The Bertz CT molecular complexity index is 462. The van der Waals surface area contributed by atoms with Crippen LogP contribution >= 0.6 is 15.9 Å². The quantitative estimate of drug-likeness (QED) is 0.740. The third-order valence-electron chi connectivity index (χ3n) is 1.97. The molecule has 0 saturated heterocycles. The van der Waals surface area contributed by atoms with E-state index in [4.69, 9.17) is 0 Å². The molecule has 0 N–H and O–H groups in total. The first kappa shape index (κ1) is 10.2. The summed E-state index contributed by atoms with van der Waals surface area (Å²) in [5.74, 6) is -0.247. The third-order valence-corrected chi connectivity index (χ3v) is 2.32. The van der Waals surface area contributed by atoms with Crippen molar-refractivity contribution in [2.45, 2.75) is 6.92 Å². The van der Waals surface area contributed by atoms with E-state index in [2.05, 4.69) is 25.9 Å². The molecule has 15 heavy (non-hydrogen) atoms. The van der Waals surface area contributed by atoms with Crippen LogP contribution in [0.4, 0.5) is 4.39 Å². The van der Waals surface area contributed by atoms with Crippen LogP contribution in [-0.2, 0) is 0 Å². The normalized spacial score (nSPS) is 10.3. The number of aryl methyl sites for hydroxylation is 1. The molecule has 4 heteroatoms. The highest BCUT2D eigenvalue weighted by molar-refractivity contribution is 9.10. The molecular weight excluding hydrogens is 259 g/mol. The van der Waals surface area contributed by atoms with Gasteiger partial charge in [0.05, 0.1) is 5.69 Å². The molecule has 0 unspecified atom stereocenters. The van der Waals surface area contributed by atoms with Crippen molar-refractivity contribution in [2.75, 3.05) is 0 Å². The highest BCUT2D eigenvalue weighted by Crippen LogP contribution is 2.19. The van der Waals surface area contributed by atoms with Gasteiger partial charge in [0, 0.05) is 11.3 Å². The standard InChI is InChI=1S/C11H8BrFN2/c1-7-6-10(15-11(12)14-7)8-2-4-9(13)5-3-8/h2-6H,1H3. The SMILES string of the molecule is Cc1cc(-c2ccc(F)cc2)nc(Br)n1. The van der Waals surface area contributed by atoms with E-state index in [-0.39, 0.29) is 5.82 Å². The van der Waals surface area contributed by atoms with Crippen LogP contribution in [0.15, 0.2) is 35.1 Å². The minimum Gasteiger partial charge on any atom is -0.227 e. The van der Waals surface area contributed by atoms with Crippen LogP contribution in [0.5, 0.6) is 0 Å². The largest absolute Gasteiger partial charge is 0.227 e. The summed E-state index contributed by atoms with van der Waals surface area (Å²) in [6.45, 7) is 1.89. The molecule has 76 valence electrons. The van der Waals surface area contributed by atoms with Crippen molar-refractivity contribution < 1.29 is 4.39 Å². The Morgan fingerprint density at radius 2 is 1.80 bits per heavy atom. The lowest BCUT2D eigenvalue weighted by Gasteiger charge is -2.02. The van der Waals surface area contributed by atoms with Crippen LogP contribution in [0.2, 0.25) is 0 Å². The third kappa shape index (κ3) is 2.39. The minimum absolute atomic E-state index is 0.247. The summed E-state index contributed by atoms with van der Waals surface area (Å²) in [7, 11) is 0. The molecule has 2 aromatic rings. The van der Waals surface area contributed by atoms with Crippen molar-refractivity contribution >= 4 is 15.9 Å². The van der Waals surface area contributed by atoms with E-state index in [1.807, 2.05) is 13.0 Å². The Labute approximate surface area is 95.3 Å². The van der Waals surface area contributed by atoms with E-state index in [0.29, 0.717) is 4.73 Å². The van der Waals surface area contributed by atoms with Crippen LogP contribution in [0.3, 0.4) is 0 Å². The van der Waals surface area contributed by atoms with Crippen LogP contribution in [0.25, 0.3) is 11.3 Å². The fraction of sp³-hybridized carbons (Fsp3) is 0.0909. The number of nitrogens with zero attached hydrogens (tertiary/aromatic N) is 2. The summed E-state index contributed by atoms with van der Waals surface area (Å²) in [5, 5.41) is 0. The molecule has 0 fully saturated rings. The van der Waals surface area contributed by atoms with Gasteiger partial charge in [0.25, 0.3) is 0 Å². The number of rotatable bonds is 1. The van der Waals surface area contributed by atoms with E-state index in [9.17, 15) is 4.39 Å². The van der Waals surface area contributed by atoms with Crippen LogP contribution in [-0.4, -0.2) is 9.97 Å². The van der Waals surface area contributed by atoms with Crippen molar-refractivity contribution in [3.63, 3.8) is 0 Å². The Morgan fingerprint density at radius 3 is 2.40 bits per heavy atom. The highest BCUT2D eigenvalue weighted by Gasteiger charge is 2.02. The lowest BCUT2D eigenvalue weighted by atomic mass is 10.1. The Hall–Kier alpha value is -1.29. The first-order valence-electron chi connectivity index (χ1n) is 4.42. The van der Waals surface area contributed by atoms with Crippen LogP contribution < -0.4 is 0 Å². The molecule has 0 saturated carbocycles. The molecule has 0 amide bonds. The van der Waals surface area contributed by atoms with Crippen molar-refractivity contribution in [1.82, 2.24) is 9.97 Å². The van der Waals surface area contributed by atoms with Gasteiger partial charge in [0.2, 0.25) is 0 Å². The van der Waals surface area contributed by atoms with Crippen molar-refractivity contribution in [1.29, 1.82) is 0 Å². The molecule has 1 heterocycles. The Balaban J connectivity index is 2.49. The predicted octanol–water partition coefficient (Wildman–Crippen LogP) is 3.35. The fourth-order valence-corrected chi connectivity index (χ4v) is 1.77. The molecule has 2 rings (SSSR count). The molecule has 0 radical (unpaired) electrons. The molecule has 2 nitrogen and oxygen atoms in total. The van der Waals surface area contributed by atoms with E-state index >= 15 is 0 Å². The first-order chi connectivity index (χ1) is 7.15. The van der Waals surface area contributed by atoms with Gasteiger partial charge in [0.1, 0.15) is 5.82 Å². The zero-order valence-corrected chi connectivity index (χ0v) is 9.62. The van der Waals surface area contributed by atoms with Gasteiger partial charge in [-0.05, 0) is 53.2 Å². The van der Waals surface area contributed by atoms with Crippen molar-refractivity contribution in [3.05, 3.63) is 46.6 Å². The minimum atomic E-state index is -0.247. The maximum absolute atomic E-state index is 12.7. The van der Waals surface area contributed by atoms with Gasteiger partial charge in [-0.15, -0.1) is 0 Å². The molecule has 0 atom stereocenters. The summed E-state index contributed by atoms with van der Waals surface area (Å²) in [6.07, 6.45) is 0. The van der Waals surface area contributed by atoms with Gasteiger partial charge in [0.15, 0.2) is 4.73 Å². The molecular formula is C11H8BrFN2. The molecule has 0 spiro atoms. The summed E-state index contributed by atoms with van der Waals surface area (Å²) in [4.78, 5) is 8.33. The predicted molar refractivity (Wildman–Crippen MR) is 59.9 cm³/mol. The first-order valence-corrected chi connectivity index (χ1v) is 5.21. The van der Waals surface area contributed by atoms with Crippen molar-refractivity contribution in [3.8, 4) is 11.3 Å². The fourth-order valence-electron chi connectivity index (χ4n) is 1.30. The number of hydrogen-bond acceptors (Lipinski definition) is 2. The summed E-state index contributed by atoms with van der Waals surface area (Å²) < 4.78 is 13.3. The molecule has 1 aromatic heterocycles. The molecule has 0 bridgehead atoms. The molecule has 0 aliphatic rings. The number of halogens is 2. The zero-order chi connectivity index (χ0) is 10.8. The van der Waals surface area contributed by atoms with Gasteiger partial charge >= 0.3 is 0 Å². The zero-order valence-electron chi connectivity index (χ0n) is 8.04. The lowest BCUT2D eigenvalue weighted by Crippen LogP contribution is -1.90. The maximum atomic E-state index is 12.7. The molecule has 0 aliphatic heterocycles. The van der Waals surface area contributed by atoms with Gasteiger partial charge in [-0.25, -0.2) is 14.4 Å². The van der Waals surface area contributed by atoms with E-state index in [1.54, 1.807) is 12.1 Å². The van der Waals surface area contributed by atoms with E-state index < -0.39 is 0 Å². The van der Waals surface area contributed by atoms with Crippen LogP contribution in [0.1, 0.15) is 5.69 Å². The number of hydrogen-bond donors (Lipinski definition) is 0. The monoisotopic (exact) mass is 266 g/mol. The number of benzene rings is 1. The van der Waals surface area contributed by atoms with Crippen LogP contribution in [0, 0.1) is 12.7 Å². The second-order valence-electron chi connectivity index (χ2n) is 3.17. The average Bonchev–Trinajstić information content (AvgIpc) is 2.17. The van der Waals surface area contributed by atoms with Gasteiger partial charge in [-0.2, -0.15) is 0 Å². The van der Waals surface area contributed by atoms with Gasteiger partial charge in [-0.1, -0.05) is 0 Å². The lowest BCUT2D eigenvalue weighted by molar-refractivity contribution is 0.628. The smallest absolute Gasteiger partial charge is 0.197 e. The van der Waals surface area contributed by atoms with E-state index in [1.165, 1.54) is 12.1 Å². The number of aromatic nitrogens is 2. The second-order valence-corrected chi connectivity index (χ2v) is 3.88. The molecule has 0 aliphatic carbocycles. The van der Waals surface area contributed by atoms with E-state index in [0.717, 1.165) is 17.0 Å².